The highest BCUT2D eigenvalue weighted by atomic mass is 14.7. The summed E-state index contributed by atoms with van der Waals surface area (Å²) < 4.78 is 0. The molecular formula is C19H17N. The van der Waals surface area contributed by atoms with E-state index in [1.807, 2.05) is 12.3 Å². The van der Waals surface area contributed by atoms with Crippen molar-refractivity contribution in [1.29, 1.82) is 0 Å². The van der Waals surface area contributed by atoms with Gasteiger partial charge in [-0.25, -0.2) is 0 Å². The third-order valence-electron chi connectivity index (χ3n) is 3.43. The Labute approximate surface area is 119 Å². The van der Waals surface area contributed by atoms with Crippen LogP contribution in [0.4, 0.5) is 0 Å². The second kappa shape index (κ2) is 5.30. The van der Waals surface area contributed by atoms with Crippen LogP contribution in [0, 0.1) is 0 Å². The summed E-state index contributed by atoms with van der Waals surface area (Å²) in [5.74, 6) is 0. The van der Waals surface area contributed by atoms with Crippen LogP contribution in [-0.2, 0) is 6.42 Å². The van der Waals surface area contributed by atoms with E-state index in [2.05, 4.69) is 67.0 Å². The van der Waals surface area contributed by atoms with Gasteiger partial charge in [0.1, 0.15) is 0 Å². The van der Waals surface area contributed by atoms with E-state index in [1.54, 1.807) is 0 Å². The first-order chi connectivity index (χ1) is 9.75. The topological polar surface area (TPSA) is 12.9 Å². The lowest BCUT2D eigenvalue weighted by atomic mass is 9.95. The average Bonchev–Trinajstić information content (AvgIpc) is 2.48. The van der Waals surface area contributed by atoms with Crippen molar-refractivity contribution < 1.29 is 0 Å². The van der Waals surface area contributed by atoms with Crippen LogP contribution in [0.15, 0.2) is 72.9 Å². The van der Waals surface area contributed by atoms with Crippen molar-refractivity contribution in [2.24, 2.45) is 0 Å². The fourth-order valence-corrected chi connectivity index (χ4v) is 2.55. The van der Waals surface area contributed by atoms with Gasteiger partial charge in [0.15, 0.2) is 0 Å². The normalized spacial score (nSPS) is 10.7. The van der Waals surface area contributed by atoms with Crippen molar-refractivity contribution in [3.63, 3.8) is 0 Å². The summed E-state index contributed by atoms with van der Waals surface area (Å²) in [5.41, 5.74) is 4.64. The standard InChI is InChI=1S/C19H17N/c1-14(2)12-18-17-11-7-6-10-16(17)13-20-19(18)15-8-4-3-5-9-15/h3-11,13H,1,12H2,2H3. The zero-order valence-electron chi connectivity index (χ0n) is 11.6. The van der Waals surface area contributed by atoms with Gasteiger partial charge >= 0.3 is 0 Å². The van der Waals surface area contributed by atoms with Crippen LogP contribution in [-0.4, -0.2) is 4.98 Å². The summed E-state index contributed by atoms with van der Waals surface area (Å²) in [6.45, 7) is 6.13. The lowest BCUT2D eigenvalue weighted by Gasteiger charge is -2.12. The van der Waals surface area contributed by atoms with Crippen molar-refractivity contribution in [2.45, 2.75) is 13.3 Å². The zero-order valence-corrected chi connectivity index (χ0v) is 11.6. The molecule has 0 N–H and O–H groups in total. The molecule has 0 saturated heterocycles. The summed E-state index contributed by atoms with van der Waals surface area (Å²) >= 11 is 0. The van der Waals surface area contributed by atoms with Crippen molar-refractivity contribution in [1.82, 2.24) is 4.98 Å². The van der Waals surface area contributed by atoms with Crippen LogP contribution >= 0.6 is 0 Å². The van der Waals surface area contributed by atoms with Gasteiger partial charge in [0.2, 0.25) is 0 Å². The number of pyridine rings is 1. The highest BCUT2D eigenvalue weighted by Crippen LogP contribution is 2.29. The Morgan fingerprint density at radius 3 is 2.45 bits per heavy atom. The summed E-state index contributed by atoms with van der Waals surface area (Å²) in [4.78, 5) is 4.69. The lowest BCUT2D eigenvalue weighted by molar-refractivity contribution is 1.14. The maximum Gasteiger partial charge on any atom is 0.0743 e. The summed E-state index contributed by atoms with van der Waals surface area (Å²) in [6, 6.07) is 18.8. The molecule has 1 heterocycles. The highest BCUT2D eigenvalue weighted by Gasteiger charge is 2.10. The second-order valence-corrected chi connectivity index (χ2v) is 5.17. The molecule has 0 aliphatic carbocycles. The molecule has 1 aromatic heterocycles. The minimum Gasteiger partial charge on any atom is -0.255 e. The predicted octanol–water partition coefficient (Wildman–Crippen LogP) is 5.02. The number of rotatable bonds is 3. The van der Waals surface area contributed by atoms with E-state index >= 15 is 0 Å². The van der Waals surface area contributed by atoms with E-state index in [1.165, 1.54) is 16.3 Å². The van der Waals surface area contributed by atoms with Crippen LogP contribution in [0.3, 0.4) is 0 Å². The number of aromatic nitrogens is 1. The molecular weight excluding hydrogens is 242 g/mol. The SMILES string of the molecule is C=C(C)Cc1c(-c2ccccc2)ncc2ccccc12. The smallest absolute Gasteiger partial charge is 0.0743 e. The molecule has 3 aromatic rings. The summed E-state index contributed by atoms with van der Waals surface area (Å²) in [6.07, 6.45) is 2.82. The van der Waals surface area contributed by atoms with Crippen LogP contribution < -0.4 is 0 Å². The number of nitrogens with zero attached hydrogens (tertiary/aromatic N) is 1. The number of hydrogen-bond acceptors (Lipinski definition) is 1. The molecule has 0 spiro atoms. The first-order valence-corrected chi connectivity index (χ1v) is 6.82. The van der Waals surface area contributed by atoms with Gasteiger partial charge in [-0.3, -0.25) is 4.98 Å². The molecule has 0 saturated carbocycles. The van der Waals surface area contributed by atoms with Crippen LogP contribution in [0.1, 0.15) is 12.5 Å². The Hall–Kier alpha value is -2.41. The third kappa shape index (κ3) is 2.35. The maximum absolute atomic E-state index is 4.69. The summed E-state index contributed by atoms with van der Waals surface area (Å²) in [5, 5.41) is 2.45. The Morgan fingerprint density at radius 1 is 1.00 bits per heavy atom. The highest BCUT2D eigenvalue weighted by molar-refractivity contribution is 5.90. The van der Waals surface area contributed by atoms with Crippen LogP contribution in [0.25, 0.3) is 22.0 Å². The monoisotopic (exact) mass is 259 g/mol. The molecule has 0 amide bonds. The minimum atomic E-state index is 0.860. The summed E-state index contributed by atoms with van der Waals surface area (Å²) in [7, 11) is 0. The molecule has 0 aliphatic heterocycles. The fraction of sp³-hybridized carbons (Fsp3) is 0.105. The molecule has 0 bridgehead atoms. The Morgan fingerprint density at radius 2 is 1.70 bits per heavy atom. The molecule has 0 atom stereocenters. The first kappa shape index (κ1) is 12.6. The average molecular weight is 259 g/mol. The van der Waals surface area contributed by atoms with E-state index in [-0.39, 0.29) is 0 Å². The van der Waals surface area contributed by atoms with Gasteiger partial charge in [-0.05, 0) is 24.3 Å². The van der Waals surface area contributed by atoms with Crippen LogP contribution in [0.5, 0.6) is 0 Å². The number of hydrogen-bond donors (Lipinski definition) is 0. The van der Waals surface area contributed by atoms with Crippen molar-refractivity contribution in [2.75, 3.05) is 0 Å². The first-order valence-electron chi connectivity index (χ1n) is 6.82. The van der Waals surface area contributed by atoms with E-state index in [4.69, 9.17) is 0 Å². The molecule has 20 heavy (non-hydrogen) atoms. The fourth-order valence-electron chi connectivity index (χ4n) is 2.55. The second-order valence-electron chi connectivity index (χ2n) is 5.17. The maximum atomic E-state index is 4.69. The van der Waals surface area contributed by atoms with E-state index < -0.39 is 0 Å². The molecule has 0 unspecified atom stereocenters. The molecule has 1 heteroatoms. The van der Waals surface area contributed by atoms with Crippen LogP contribution in [0.2, 0.25) is 0 Å². The minimum absolute atomic E-state index is 0.860. The Bertz CT molecular complexity index is 757. The van der Waals surface area contributed by atoms with Crippen molar-refractivity contribution in [3.05, 3.63) is 78.5 Å². The Balaban J connectivity index is 2.28. The van der Waals surface area contributed by atoms with Gasteiger partial charge in [0, 0.05) is 17.1 Å². The van der Waals surface area contributed by atoms with E-state index in [9.17, 15) is 0 Å². The lowest BCUT2D eigenvalue weighted by Crippen LogP contribution is -1.96. The van der Waals surface area contributed by atoms with Gasteiger partial charge in [0.05, 0.1) is 5.69 Å². The van der Waals surface area contributed by atoms with Gasteiger partial charge in [-0.2, -0.15) is 0 Å². The molecule has 3 rings (SSSR count). The van der Waals surface area contributed by atoms with Crippen molar-refractivity contribution >= 4 is 10.8 Å². The molecule has 98 valence electrons. The zero-order chi connectivity index (χ0) is 13.9. The largest absolute Gasteiger partial charge is 0.255 e. The van der Waals surface area contributed by atoms with E-state index in [0.717, 1.165) is 23.3 Å². The molecule has 0 aliphatic rings. The third-order valence-corrected chi connectivity index (χ3v) is 3.43. The van der Waals surface area contributed by atoms with Gasteiger partial charge in [-0.15, -0.1) is 0 Å². The molecule has 0 radical (unpaired) electrons. The van der Waals surface area contributed by atoms with E-state index in [0.29, 0.717) is 0 Å². The molecule has 0 fully saturated rings. The van der Waals surface area contributed by atoms with Gasteiger partial charge < -0.3 is 0 Å². The predicted molar refractivity (Wildman–Crippen MR) is 85.7 cm³/mol. The number of allylic oxidation sites excluding steroid dienone is 1. The van der Waals surface area contributed by atoms with Gasteiger partial charge in [-0.1, -0.05) is 66.7 Å². The van der Waals surface area contributed by atoms with Crippen molar-refractivity contribution in [3.8, 4) is 11.3 Å². The number of benzene rings is 2. The quantitative estimate of drug-likeness (QED) is 0.602. The Kier molecular flexibility index (Phi) is 3.34. The molecule has 2 aromatic carbocycles. The molecule has 1 nitrogen and oxygen atoms in total. The number of fused-ring (bicyclic) bond motifs is 1. The van der Waals surface area contributed by atoms with Gasteiger partial charge in [0.25, 0.3) is 0 Å².